The van der Waals surface area contributed by atoms with Crippen LogP contribution in [0, 0.1) is 41.0 Å². The van der Waals surface area contributed by atoms with Gasteiger partial charge in [-0.05, 0) is 213 Å². The van der Waals surface area contributed by atoms with Crippen molar-refractivity contribution < 1.29 is 86.0 Å². The summed E-state index contributed by atoms with van der Waals surface area (Å²) in [4.78, 5) is 24.5. The third kappa shape index (κ3) is 33.0. The van der Waals surface area contributed by atoms with Crippen molar-refractivity contribution >= 4 is 198 Å². The fourth-order valence-electron chi connectivity index (χ4n) is 18.2. The number of pyridine rings is 1. The first kappa shape index (κ1) is 119. The monoisotopic (exact) mass is 2310 g/mol. The van der Waals surface area contributed by atoms with Gasteiger partial charge in [-0.2, -0.15) is 17.6 Å². The predicted molar refractivity (Wildman–Crippen MR) is 564 cm³/mol. The molecule has 9 N–H and O–H groups in total. The van der Waals surface area contributed by atoms with E-state index in [0.29, 0.717) is 51.4 Å². The molecule has 0 unspecified atom stereocenters. The Morgan fingerprint density at radius 2 is 0.767 bits per heavy atom. The summed E-state index contributed by atoms with van der Waals surface area (Å²) in [5.41, 5.74) is 1.65. The number of sulfone groups is 2. The van der Waals surface area contributed by atoms with Gasteiger partial charge in [-0.3, -0.25) is 24.0 Å². The number of sulfonamides is 3. The van der Waals surface area contributed by atoms with E-state index in [-0.39, 0.29) is 114 Å². The fourth-order valence-corrected chi connectivity index (χ4v) is 29.1. The molecule has 11 atom stereocenters. The molecule has 5 aromatic heterocycles. The molecule has 0 amide bonds. The maximum Gasteiger partial charge on any atom is 0.391 e. The number of rotatable bonds is 35. The Morgan fingerprint density at radius 3 is 1.14 bits per heavy atom. The lowest BCUT2D eigenvalue weighted by atomic mass is 9.81. The Bertz CT molecular complexity index is 6560. The number of nitrogens with one attached hydrogen (secondary N) is 9. The molecule has 28 nitrogen and oxygen atoms in total. The van der Waals surface area contributed by atoms with Crippen LogP contribution in [-0.2, 0) is 61.3 Å². The number of hydrogen-bond donors (Lipinski definition) is 9. The van der Waals surface area contributed by atoms with Crippen LogP contribution in [0.1, 0.15) is 159 Å². The highest BCUT2D eigenvalue weighted by Crippen LogP contribution is 2.44. The Hall–Kier alpha value is -7.53. The van der Waals surface area contributed by atoms with Crippen molar-refractivity contribution in [3.8, 4) is 0 Å². The van der Waals surface area contributed by atoms with Gasteiger partial charge in [0.15, 0.2) is 29.9 Å². The molecule has 0 saturated heterocycles. The zero-order chi connectivity index (χ0) is 107. The Labute approximate surface area is 887 Å². The highest BCUT2D eigenvalue weighted by molar-refractivity contribution is 7.93. The molecule has 0 radical (unpaired) electrons. The molecule has 15 rings (SSSR count). The summed E-state index contributed by atoms with van der Waals surface area (Å²) in [6.07, 6.45) is 19.2. The summed E-state index contributed by atoms with van der Waals surface area (Å²) in [7, 11) is -9.14. The third-order valence-electron chi connectivity index (χ3n) is 25.8. The molecular weight excluding hydrogens is 2200 g/mol. The molecule has 5 aromatic carbocycles. The van der Waals surface area contributed by atoms with Crippen molar-refractivity contribution in [1.29, 1.82) is 0 Å². The van der Waals surface area contributed by atoms with Crippen LogP contribution in [0.25, 0.3) is 0 Å². The van der Waals surface area contributed by atoms with E-state index in [1.165, 1.54) is 54.3 Å². The molecule has 52 heteroatoms. The average molecular weight is 2320 g/mol. The highest BCUT2D eigenvalue weighted by atomic mass is 35.5. The van der Waals surface area contributed by atoms with Gasteiger partial charge in [-0.15, -0.1) is 45.3 Å². The first-order valence-electron chi connectivity index (χ1n) is 47.1. The predicted octanol–water partition coefficient (Wildman–Crippen LogP) is 22.9. The van der Waals surface area contributed by atoms with Gasteiger partial charge in [0, 0.05) is 119 Å². The van der Waals surface area contributed by atoms with E-state index in [0.717, 1.165) is 210 Å². The van der Waals surface area contributed by atoms with Crippen LogP contribution < -0.4 is 46.1 Å². The zero-order valence-corrected chi connectivity index (χ0v) is 92.3. The molecule has 5 saturated carbocycles. The lowest BCUT2D eigenvalue weighted by molar-refractivity contribution is -0.186. The number of benzene rings is 5. The number of anilines is 8. The maximum atomic E-state index is 14.7. The second-order valence-electron chi connectivity index (χ2n) is 36.6. The van der Waals surface area contributed by atoms with Crippen molar-refractivity contribution in [2.24, 2.45) is 5.92 Å². The summed E-state index contributed by atoms with van der Waals surface area (Å²) < 4.78 is 271. The topological polar surface area (TPSA) is 356 Å². The van der Waals surface area contributed by atoms with Gasteiger partial charge < -0.3 is 41.7 Å². The van der Waals surface area contributed by atoms with Gasteiger partial charge in [-0.1, -0.05) is 122 Å². The lowest BCUT2D eigenvalue weighted by Gasteiger charge is -2.41. The van der Waals surface area contributed by atoms with Crippen molar-refractivity contribution in [1.82, 2.24) is 49.8 Å². The quantitative estimate of drug-likeness (QED) is 0.0132. The van der Waals surface area contributed by atoms with Gasteiger partial charge >= 0.3 is 6.18 Å². The van der Waals surface area contributed by atoms with E-state index in [1.54, 1.807) is 40.5 Å². The number of alkyl halides is 4. The van der Waals surface area contributed by atoms with Crippen molar-refractivity contribution in [2.45, 2.75) is 258 Å². The van der Waals surface area contributed by atoms with Crippen molar-refractivity contribution in [3.63, 3.8) is 0 Å². The van der Waals surface area contributed by atoms with Crippen LogP contribution in [0.3, 0.4) is 0 Å². The van der Waals surface area contributed by atoms with E-state index in [1.807, 2.05) is 26.0 Å². The fraction of sp³-hybridized carbons (Fsp3) is 0.500. The van der Waals surface area contributed by atoms with Crippen LogP contribution in [0.15, 0.2) is 150 Å². The van der Waals surface area contributed by atoms with Crippen molar-refractivity contribution in [2.75, 3.05) is 103 Å². The standard InChI is InChI=1S/C19H22ClF4N3O2S2.C19H23ClF2N4O2S.C19H24ClF2N3O2S2.C19H26ClFN4O2S2.C18H24ClFN4O2S2/c1-27(2)16-7-11(19(22,23)24)3-4-14(16)26-15-9-13(21)17(8-12(15)20)31(28,29)10-18-25-5-6-30-18;1-26(2)16-7-4-3-6-14(16)23-15-11-13(21)17(10-12(15)20)29(27,28)25-19-9-5-8-18(22)24-19;1-25(8-6-21)17-5-3-2-4-15(17)24-16-11-14(22)18(10-13(16)20)29(26,27)12-19-23-7-9-28-19;1-12(2)25(3)17-7-5-4-6-15(17)23-16-11-14(21)18(10-13(16)20)29(26,27)24-19-22-8-9-28-19;1-2-7-21-14-5-3-4-6-15(14)23-16-11-13(20)17(10-12(16)19)28(25,26)24-18-22-8-9-27-18/h5-6,8-9,11,14,16,26H,3-4,7,10H2,1-2H3;5,8-11,14,16,23H,3-4,6-7H2,1-2H3,(H,24,25);7,9-11,15,17,24H,2-6,8,12H2,1H3;8-12,15,17,23H,4-7H2,1-3H3,(H,22,24);8-11,14-15,21,23H,2-7H2,1H3,(H,22,24)/t11-,14-,16-;14-,16-;2*15-,17-;14-,15-/m10000/s1. The third-order valence-corrected chi connectivity index (χ3v) is 38.2. The average Bonchev–Trinajstić information content (AvgIpc) is 1.19. The van der Waals surface area contributed by atoms with Crippen molar-refractivity contribution in [3.05, 3.63) is 195 Å². The number of nitrogens with zero attached hydrogens (tertiary/aromatic N) is 9. The number of likely N-dealkylation sites (N-methyl/N-ethyl adjacent to an activating group) is 4. The summed E-state index contributed by atoms with van der Waals surface area (Å²) in [6.45, 7) is 7.23. The Morgan fingerprint density at radius 1 is 0.418 bits per heavy atom. The second-order valence-corrected chi connectivity index (χ2v) is 51.3. The second kappa shape index (κ2) is 53.6. The Kier molecular flexibility index (Phi) is 43.6. The normalized spacial score (nSPS) is 20.7. The van der Waals surface area contributed by atoms with Gasteiger partial charge in [0.1, 0.15) is 87.6 Å². The highest BCUT2D eigenvalue weighted by Gasteiger charge is 2.46. The van der Waals surface area contributed by atoms with Crippen LogP contribution in [0.2, 0.25) is 25.1 Å². The minimum absolute atomic E-state index is 0.0185. The largest absolute Gasteiger partial charge is 0.391 e. The molecule has 0 aliphatic heterocycles. The number of thiazole rings is 4. The van der Waals surface area contributed by atoms with Crippen LogP contribution in [-0.4, -0.2) is 221 Å². The smallest absolute Gasteiger partial charge is 0.379 e. The summed E-state index contributed by atoms with van der Waals surface area (Å²) in [5.74, 6) is -7.83. The molecular formula is C94H119Cl5F10N18O10S9. The number of halogens is 15. The lowest BCUT2D eigenvalue weighted by Crippen LogP contribution is -2.49. The molecule has 5 heterocycles. The minimum Gasteiger partial charge on any atom is -0.379 e. The summed E-state index contributed by atoms with van der Waals surface area (Å²) in [6, 6.07) is 15.5. The molecule has 5 aliphatic carbocycles. The zero-order valence-electron chi connectivity index (χ0n) is 81.2. The van der Waals surface area contributed by atoms with E-state index < -0.39 is 146 Å². The van der Waals surface area contributed by atoms with Gasteiger partial charge in [0.05, 0.1) is 59.5 Å². The molecule has 0 bridgehead atoms. The summed E-state index contributed by atoms with van der Waals surface area (Å²) >= 11 is 36.0. The number of hydrogen-bond acceptors (Lipinski definition) is 29. The van der Waals surface area contributed by atoms with Gasteiger partial charge in [-0.25, -0.2) is 93.4 Å². The first-order chi connectivity index (χ1) is 69.0. The van der Waals surface area contributed by atoms with Crippen LogP contribution >= 0.6 is 103 Å². The molecule has 5 fully saturated rings. The minimum atomic E-state index is -4.33. The van der Waals surface area contributed by atoms with Crippen LogP contribution in [0.4, 0.5) is 88.4 Å². The molecule has 804 valence electrons. The molecule has 146 heavy (non-hydrogen) atoms. The molecule has 10 aromatic rings. The van der Waals surface area contributed by atoms with E-state index in [2.05, 4.69) is 109 Å². The molecule has 0 spiro atoms. The SMILES string of the molecule is CC(C)N(C)[C@H]1CCCC[C@@H]1Nc1cc(F)c(S(=O)(=O)Nc2nccs2)cc1Cl.CCCN[C@H]1CCCC[C@@H]1Nc1cc(F)c(S(=O)(=O)Nc2nccs2)cc1Cl.CN(C)[C@@H]1C[C@H](C(F)(F)F)CC[C@H]1Nc1cc(F)c(S(=O)(=O)Cc2nccs2)cc1Cl.CN(C)[C@H]1CCCC[C@@H]1Nc1cc(F)c(S(=O)(=O)Nc2cccc(F)n2)cc1Cl.CN(CCF)[C@H]1CCCC[C@@H]1Nc1cc(F)c(S(=O)(=O)Cc2nccs2)cc1Cl. The summed E-state index contributed by atoms with van der Waals surface area (Å²) in [5, 5.41) is 27.9. The van der Waals surface area contributed by atoms with Crippen LogP contribution in [0.5, 0.6) is 0 Å². The van der Waals surface area contributed by atoms with E-state index in [9.17, 15) is 86.0 Å². The van der Waals surface area contributed by atoms with E-state index in [4.69, 9.17) is 58.0 Å². The molecule has 5 aliphatic rings. The Balaban J connectivity index is 0.000000174. The first-order valence-corrected chi connectivity index (χ1v) is 60.2. The maximum absolute atomic E-state index is 14.7. The van der Waals surface area contributed by atoms with Gasteiger partial charge in [0.2, 0.25) is 5.95 Å². The van der Waals surface area contributed by atoms with E-state index >= 15 is 0 Å². The van der Waals surface area contributed by atoms with Gasteiger partial charge in [0.25, 0.3) is 30.1 Å². The number of aromatic nitrogens is 5.